The van der Waals surface area contributed by atoms with Gasteiger partial charge >= 0.3 is 17.8 Å². The van der Waals surface area contributed by atoms with E-state index in [1.54, 1.807) is 38.1 Å². The third kappa shape index (κ3) is 6.58. The number of aryl methyl sites for hydroxylation is 1. The van der Waals surface area contributed by atoms with Gasteiger partial charge < -0.3 is 19.5 Å². The summed E-state index contributed by atoms with van der Waals surface area (Å²) in [5.74, 6) is -1.43. The Labute approximate surface area is 235 Å². The molecule has 0 saturated heterocycles. The number of hydrazone groups is 1. The first-order chi connectivity index (χ1) is 18.8. The monoisotopic (exact) mass is 569 g/mol. The van der Waals surface area contributed by atoms with Crippen LogP contribution >= 0.6 is 22.9 Å². The maximum atomic E-state index is 12.6. The quantitative estimate of drug-likeness (QED) is 0.160. The van der Waals surface area contributed by atoms with E-state index in [1.807, 2.05) is 18.2 Å². The van der Waals surface area contributed by atoms with Crippen molar-refractivity contribution in [3.8, 4) is 11.5 Å². The maximum Gasteiger partial charge on any atom is 0.341 e. The van der Waals surface area contributed by atoms with Gasteiger partial charge in [-0.3, -0.25) is 9.59 Å². The smallest absolute Gasteiger partial charge is 0.341 e. The summed E-state index contributed by atoms with van der Waals surface area (Å²) in [7, 11) is 1.52. The highest BCUT2D eigenvalue weighted by Gasteiger charge is 2.29. The standard InChI is InChI=1S/C28H28ClN3O6S/c1-4-37-28(35)24-19-9-7-11-23(19)39-27(24)30-25(33)26(34)32-31-16(2)17-12-13-21(22(14-17)36-3)38-15-18-8-5-6-10-20(18)29/h5-6,8,10,12-14H,4,7,9,11,15H2,1-3H3,(H,30,33)(H,32,34). The second-order valence-electron chi connectivity index (χ2n) is 8.62. The Bertz CT molecular complexity index is 1430. The van der Waals surface area contributed by atoms with Gasteiger partial charge in [-0.15, -0.1) is 11.3 Å². The molecule has 2 aromatic carbocycles. The molecule has 11 heteroatoms. The lowest BCUT2D eigenvalue weighted by atomic mass is 10.1. The van der Waals surface area contributed by atoms with Crippen LogP contribution in [0.3, 0.4) is 0 Å². The van der Waals surface area contributed by atoms with Gasteiger partial charge in [0.1, 0.15) is 11.6 Å². The highest BCUT2D eigenvalue weighted by atomic mass is 35.5. The van der Waals surface area contributed by atoms with Gasteiger partial charge in [-0.25, -0.2) is 10.2 Å². The summed E-state index contributed by atoms with van der Waals surface area (Å²) < 4.78 is 16.5. The van der Waals surface area contributed by atoms with Crippen molar-refractivity contribution in [1.82, 2.24) is 5.43 Å². The van der Waals surface area contributed by atoms with E-state index in [0.717, 1.165) is 35.3 Å². The van der Waals surface area contributed by atoms with Crippen LogP contribution in [0.15, 0.2) is 47.6 Å². The average Bonchev–Trinajstić information content (AvgIpc) is 3.52. The van der Waals surface area contributed by atoms with Crippen molar-refractivity contribution in [1.29, 1.82) is 0 Å². The third-order valence-corrected chi connectivity index (χ3v) is 7.66. The summed E-state index contributed by atoms with van der Waals surface area (Å²) in [6.45, 7) is 3.87. The highest BCUT2D eigenvalue weighted by Crippen LogP contribution is 2.39. The first-order valence-electron chi connectivity index (χ1n) is 12.3. The van der Waals surface area contributed by atoms with Crippen molar-refractivity contribution < 1.29 is 28.6 Å². The van der Waals surface area contributed by atoms with E-state index in [-0.39, 0.29) is 13.2 Å². The number of hydrogen-bond donors (Lipinski definition) is 2. The molecular formula is C28H28ClN3O6S. The molecule has 4 rings (SSSR count). The molecule has 9 nitrogen and oxygen atoms in total. The van der Waals surface area contributed by atoms with Gasteiger partial charge in [0, 0.05) is 21.0 Å². The normalized spacial score (nSPS) is 12.5. The average molecular weight is 570 g/mol. The summed E-state index contributed by atoms with van der Waals surface area (Å²) in [6.07, 6.45) is 2.50. The second-order valence-corrected chi connectivity index (χ2v) is 10.1. The third-order valence-electron chi connectivity index (χ3n) is 6.08. The van der Waals surface area contributed by atoms with Gasteiger partial charge in [0.05, 0.1) is 25.0 Å². The molecule has 1 aliphatic rings. The van der Waals surface area contributed by atoms with Crippen LogP contribution in [0.5, 0.6) is 11.5 Å². The van der Waals surface area contributed by atoms with Crippen LogP contribution in [-0.2, 0) is 33.8 Å². The number of benzene rings is 2. The SMILES string of the molecule is CCOC(=O)c1c(NC(=O)C(=O)NN=C(C)c2ccc(OCc3ccccc3Cl)c(OC)c2)sc2c1CCC2. The minimum atomic E-state index is -0.968. The maximum absolute atomic E-state index is 12.6. The number of fused-ring (bicyclic) bond motifs is 1. The summed E-state index contributed by atoms with van der Waals surface area (Å²) in [5, 5.41) is 7.53. The molecule has 1 aromatic heterocycles. The van der Waals surface area contributed by atoms with E-state index < -0.39 is 17.8 Å². The topological polar surface area (TPSA) is 115 Å². The molecule has 0 aliphatic heterocycles. The number of anilines is 1. The summed E-state index contributed by atoms with van der Waals surface area (Å²) >= 11 is 7.50. The lowest BCUT2D eigenvalue weighted by Crippen LogP contribution is -2.33. The Balaban J connectivity index is 1.41. The first-order valence-corrected chi connectivity index (χ1v) is 13.5. The highest BCUT2D eigenvalue weighted by molar-refractivity contribution is 7.17. The van der Waals surface area contributed by atoms with Crippen LogP contribution in [0, 0.1) is 0 Å². The van der Waals surface area contributed by atoms with E-state index in [9.17, 15) is 14.4 Å². The predicted molar refractivity (Wildman–Crippen MR) is 150 cm³/mol. The fraction of sp³-hybridized carbons (Fsp3) is 0.286. The van der Waals surface area contributed by atoms with Gasteiger partial charge in [0.25, 0.3) is 0 Å². The Kier molecular flexibility index (Phi) is 9.21. The molecule has 39 heavy (non-hydrogen) atoms. The molecule has 0 saturated carbocycles. The van der Waals surface area contributed by atoms with Crippen LogP contribution in [0.4, 0.5) is 5.00 Å². The molecular weight excluding hydrogens is 542 g/mol. The summed E-state index contributed by atoms with van der Waals surface area (Å²) in [5.41, 5.74) is 5.41. The largest absolute Gasteiger partial charge is 0.493 e. The van der Waals surface area contributed by atoms with Gasteiger partial charge in [0.2, 0.25) is 0 Å². The molecule has 204 valence electrons. The zero-order chi connectivity index (χ0) is 27.9. The Morgan fingerprint density at radius 1 is 1.08 bits per heavy atom. The van der Waals surface area contributed by atoms with Crippen LogP contribution in [0.2, 0.25) is 5.02 Å². The van der Waals surface area contributed by atoms with Crippen LogP contribution in [0.1, 0.15) is 52.2 Å². The van der Waals surface area contributed by atoms with E-state index in [4.69, 9.17) is 25.8 Å². The molecule has 0 atom stereocenters. The lowest BCUT2D eigenvalue weighted by Gasteiger charge is -2.13. The molecule has 1 aliphatic carbocycles. The number of nitrogens with one attached hydrogen (secondary N) is 2. The molecule has 2 N–H and O–H groups in total. The van der Waals surface area contributed by atoms with Crippen molar-refractivity contribution >= 4 is 51.4 Å². The number of nitrogens with zero attached hydrogens (tertiary/aromatic N) is 1. The second kappa shape index (κ2) is 12.8. The Hall–Kier alpha value is -3.89. The van der Waals surface area contributed by atoms with E-state index in [1.165, 1.54) is 18.4 Å². The number of hydrogen-bond acceptors (Lipinski definition) is 8. The molecule has 0 spiro atoms. The number of carbonyl (C=O) groups is 3. The van der Waals surface area contributed by atoms with Gasteiger partial charge in [0.15, 0.2) is 11.5 Å². The molecule has 0 unspecified atom stereocenters. The molecule has 1 heterocycles. The fourth-order valence-electron chi connectivity index (χ4n) is 4.10. The fourth-order valence-corrected chi connectivity index (χ4v) is 5.57. The van der Waals surface area contributed by atoms with Crippen molar-refractivity contribution in [2.75, 3.05) is 19.0 Å². The first kappa shape index (κ1) is 28.1. The van der Waals surface area contributed by atoms with Crippen molar-refractivity contribution in [3.05, 3.63) is 74.6 Å². The predicted octanol–water partition coefficient (Wildman–Crippen LogP) is 5.13. The van der Waals surface area contributed by atoms with Crippen molar-refractivity contribution in [3.63, 3.8) is 0 Å². The molecule has 3 aromatic rings. The summed E-state index contributed by atoms with van der Waals surface area (Å²) in [6, 6.07) is 12.6. The van der Waals surface area contributed by atoms with Crippen LogP contribution < -0.4 is 20.2 Å². The van der Waals surface area contributed by atoms with Crippen LogP contribution in [-0.4, -0.2) is 37.2 Å². The van der Waals surface area contributed by atoms with E-state index in [0.29, 0.717) is 38.4 Å². The zero-order valence-corrected chi connectivity index (χ0v) is 23.3. The van der Waals surface area contributed by atoms with E-state index >= 15 is 0 Å². The van der Waals surface area contributed by atoms with Crippen molar-refractivity contribution in [2.45, 2.75) is 39.7 Å². The van der Waals surface area contributed by atoms with E-state index in [2.05, 4.69) is 15.8 Å². The number of halogens is 1. The lowest BCUT2D eigenvalue weighted by molar-refractivity contribution is -0.136. The minimum absolute atomic E-state index is 0.213. The Morgan fingerprint density at radius 2 is 1.87 bits per heavy atom. The van der Waals surface area contributed by atoms with Crippen LogP contribution in [0.25, 0.3) is 0 Å². The molecule has 2 amide bonds. The number of methoxy groups -OCH3 is 1. The number of thiophene rings is 1. The number of esters is 1. The molecule has 0 radical (unpaired) electrons. The molecule has 0 fully saturated rings. The minimum Gasteiger partial charge on any atom is -0.493 e. The number of amides is 2. The van der Waals surface area contributed by atoms with Crippen molar-refractivity contribution in [2.24, 2.45) is 5.10 Å². The van der Waals surface area contributed by atoms with Gasteiger partial charge in [-0.05, 0) is 62.9 Å². The zero-order valence-electron chi connectivity index (χ0n) is 21.8. The van der Waals surface area contributed by atoms with Gasteiger partial charge in [-0.1, -0.05) is 29.8 Å². The van der Waals surface area contributed by atoms with Gasteiger partial charge in [-0.2, -0.15) is 5.10 Å². The molecule has 0 bridgehead atoms. The summed E-state index contributed by atoms with van der Waals surface area (Å²) in [4.78, 5) is 38.6. The number of carbonyl (C=O) groups excluding carboxylic acids is 3. The Morgan fingerprint density at radius 3 is 2.62 bits per heavy atom. The number of ether oxygens (including phenoxy) is 3. The number of rotatable bonds is 9.